The van der Waals surface area contributed by atoms with Crippen molar-refractivity contribution in [2.24, 2.45) is 0 Å². The zero-order valence-corrected chi connectivity index (χ0v) is 15.5. The number of ether oxygens (including phenoxy) is 1. The molecule has 21 heavy (non-hydrogen) atoms. The summed E-state index contributed by atoms with van der Waals surface area (Å²) < 4.78 is 20.9. The van der Waals surface area contributed by atoms with E-state index in [-0.39, 0.29) is 5.69 Å². The van der Waals surface area contributed by atoms with Crippen LogP contribution in [0.1, 0.15) is 10.4 Å². The van der Waals surface area contributed by atoms with Crippen LogP contribution >= 0.6 is 47.8 Å². The van der Waals surface area contributed by atoms with Gasteiger partial charge in [-0.1, -0.05) is 31.9 Å². The van der Waals surface area contributed by atoms with E-state index in [9.17, 15) is 9.18 Å². The Morgan fingerprint density at radius 1 is 1.14 bits per heavy atom. The Bertz CT molecular complexity index is 707. The second-order valence-electron chi connectivity index (χ2n) is 4.05. The van der Waals surface area contributed by atoms with Gasteiger partial charge in [0.1, 0.15) is 11.6 Å². The van der Waals surface area contributed by atoms with E-state index in [1.165, 1.54) is 19.2 Å². The Labute approximate surface area is 146 Å². The summed E-state index contributed by atoms with van der Waals surface area (Å²) in [7, 11) is 1.46. The average molecular weight is 482 g/mol. The van der Waals surface area contributed by atoms with Crippen LogP contribution in [-0.2, 0) is 0 Å². The summed E-state index contributed by atoms with van der Waals surface area (Å²) in [6, 6.07) is 7.78. The lowest BCUT2D eigenvalue weighted by Crippen LogP contribution is -2.14. The Kier molecular flexibility index (Phi) is 5.40. The first-order valence-electron chi connectivity index (χ1n) is 5.72. The summed E-state index contributed by atoms with van der Waals surface area (Å²) >= 11 is 9.79. The summed E-state index contributed by atoms with van der Waals surface area (Å²) in [4.78, 5) is 12.3. The third-order valence-corrected chi connectivity index (χ3v) is 4.18. The molecular formula is C14H9Br3FNO2. The first-order chi connectivity index (χ1) is 9.92. The quantitative estimate of drug-likeness (QED) is 0.639. The van der Waals surface area contributed by atoms with E-state index in [1.54, 1.807) is 18.2 Å². The van der Waals surface area contributed by atoms with E-state index in [2.05, 4.69) is 53.1 Å². The minimum atomic E-state index is -0.522. The summed E-state index contributed by atoms with van der Waals surface area (Å²) in [5.41, 5.74) is 0.391. The van der Waals surface area contributed by atoms with Gasteiger partial charge in [-0.2, -0.15) is 0 Å². The lowest BCUT2D eigenvalue weighted by Gasteiger charge is -2.12. The molecule has 3 nitrogen and oxygen atoms in total. The van der Waals surface area contributed by atoms with Crippen LogP contribution in [0.3, 0.4) is 0 Å². The fourth-order valence-corrected chi connectivity index (χ4v) is 3.44. The molecule has 0 saturated heterocycles. The molecule has 7 heteroatoms. The molecule has 2 aromatic carbocycles. The van der Waals surface area contributed by atoms with Gasteiger partial charge in [-0.15, -0.1) is 0 Å². The third kappa shape index (κ3) is 3.84. The van der Waals surface area contributed by atoms with Crippen molar-refractivity contribution in [1.29, 1.82) is 0 Å². The summed E-state index contributed by atoms with van der Waals surface area (Å²) in [6.07, 6.45) is 0. The number of amides is 1. The first kappa shape index (κ1) is 16.5. The highest BCUT2D eigenvalue weighted by molar-refractivity contribution is 9.11. The predicted molar refractivity (Wildman–Crippen MR) is 90.4 cm³/mol. The molecule has 110 valence electrons. The number of carbonyl (C=O) groups excluding carboxylic acids is 1. The normalized spacial score (nSPS) is 10.3. The molecule has 2 aromatic rings. The van der Waals surface area contributed by atoms with Gasteiger partial charge in [-0.3, -0.25) is 4.79 Å². The first-order valence-corrected chi connectivity index (χ1v) is 8.09. The summed E-state index contributed by atoms with van der Waals surface area (Å²) in [5.74, 6) is -0.603. The number of nitrogens with one attached hydrogen (secondary N) is 1. The maximum absolute atomic E-state index is 13.8. The smallest absolute Gasteiger partial charge is 0.259 e. The van der Waals surface area contributed by atoms with Crippen LogP contribution in [0.4, 0.5) is 10.1 Å². The monoisotopic (exact) mass is 479 g/mol. The topological polar surface area (TPSA) is 38.3 Å². The van der Waals surface area contributed by atoms with Gasteiger partial charge in [0.05, 0.1) is 22.8 Å². The Morgan fingerprint density at radius 2 is 1.86 bits per heavy atom. The lowest BCUT2D eigenvalue weighted by atomic mass is 10.2. The number of hydrogen-bond donors (Lipinski definition) is 1. The van der Waals surface area contributed by atoms with Crippen molar-refractivity contribution in [2.75, 3.05) is 12.4 Å². The minimum Gasteiger partial charge on any atom is -0.495 e. The van der Waals surface area contributed by atoms with E-state index in [0.29, 0.717) is 24.7 Å². The number of hydrogen-bond acceptors (Lipinski definition) is 2. The molecule has 2 rings (SSSR count). The van der Waals surface area contributed by atoms with E-state index in [4.69, 9.17) is 4.74 Å². The second-order valence-corrected chi connectivity index (χ2v) is 6.73. The number of benzene rings is 2. The Hall–Kier alpha value is -0.920. The molecule has 0 unspecified atom stereocenters. The molecule has 0 bridgehead atoms. The van der Waals surface area contributed by atoms with Crippen LogP contribution in [0.2, 0.25) is 0 Å². The van der Waals surface area contributed by atoms with Crippen LogP contribution in [0.5, 0.6) is 5.75 Å². The van der Waals surface area contributed by atoms with Gasteiger partial charge in [0.2, 0.25) is 0 Å². The molecular weight excluding hydrogens is 473 g/mol. The molecule has 0 spiro atoms. The molecule has 0 aliphatic rings. The number of anilines is 1. The molecule has 0 saturated carbocycles. The maximum atomic E-state index is 13.8. The van der Waals surface area contributed by atoms with Crippen LogP contribution in [0.15, 0.2) is 43.7 Å². The zero-order chi connectivity index (χ0) is 15.6. The van der Waals surface area contributed by atoms with Gasteiger partial charge in [-0.25, -0.2) is 4.39 Å². The van der Waals surface area contributed by atoms with E-state index in [1.807, 2.05) is 0 Å². The van der Waals surface area contributed by atoms with Crippen molar-refractivity contribution >= 4 is 59.4 Å². The molecule has 0 fully saturated rings. The number of rotatable bonds is 3. The van der Waals surface area contributed by atoms with Crippen LogP contribution in [0, 0.1) is 5.82 Å². The highest BCUT2D eigenvalue weighted by atomic mass is 79.9. The summed E-state index contributed by atoms with van der Waals surface area (Å²) in [6.45, 7) is 0. The molecule has 0 aliphatic heterocycles. The molecule has 0 radical (unpaired) electrons. The van der Waals surface area contributed by atoms with Crippen molar-refractivity contribution < 1.29 is 13.9 Å². The maximum Gasteiger partial charge on any atom is 0.259 e. The SMILES string of the molecule is COc1c(Br)cc(Br)cc1C(=O)Nc1ccc(Br)cc1F. The van der Waals surface area contributed by atoms with Gasteiger partial charge in [0.25, 0.3) is 5.91 Å². The minimum absolute atomic E-state index is 0.0985. The Morgan fingerprint density at radius 3 is 2.48 bits per heavy atom. The van der Waals surface area contributed by atoms with Crippen molar-refractivity contribution in [3.8, 4) is 5.75 Å². The van der Waals surface area contributed by atoms with E-state index < -0.39 is 11.7 Å². The molecule has 0 aromatic heterocycles. The predicted octanol–water partition coefficient (Wildman–Crippen LogP) is 5.37. The number of carbonyl (C=O) groups is 1. The molecule has 0 aliphatic carbocycles. The van der Waals surface area contributed by atoms with Crippen molar-refractivity contribution in [3.63, 3.8) is 0 Å². The number of methoxy groups -OCH3 is 1. The standard InChI is InChI=1S/C14H9Br3FNO2/c1-21-13-9(4-8(16)5-10(13)17)14(20)19-12-3-2-7(15)6-11(12)18/h2-6H,1H3,(H,19,20). The van der Waals surface area contributed by atoms with Gasteiger partial charge < -0.3 is 10.1 Å². The molecule has 0 heterocycles. The van der Waals surface area contributed by atoms with Crippen molar-refractivity contribution in [2.45, 2.75) is 0 Å². The average Bonchev–Trinajstić information content (AvgIpc) is 2.41. The van der Waals surface area contributed by atoms with Gasteiger partial charge in [0.15, 0.2) is 0 Å². The van der Waals surface area contributed by atoms with E-state index >= 15 is 0 Å². The van der Waals surface area contributed by atoms with Gasteiger partial charge in [-0.05, 0) is 46.3 Å². The molecule has 1 amide bonds. The molecule has 0 atom stereocenters. The highest BCUT2D eigenvalue weighted by Crippen LogP contribution is 2.33. The fraction of sp³-hybridized carbons (Fsp3) is 0.0714. The van der Waals surface area contributed by atoms with Gasteiger partial charge in [0, 0.05) is 8.95 Å². The van der Waals surface area contributed by atoms with Gasteiger partial charge >= 0.3 is 0 Å². The zero-order valence-electron chi connectivity index (χ0n) is 10.7. The van der Waals surface area contributed by atoms with Crippen LogP contribution < -0.4 is 10.1 Å². The van der Waals surface area contributed by atoms with Crippen molar-refractivity contribution in [1.82, 2.24) is 0 Å². The van der Waals surface area contributed by atoms with Crippen LogP contribution in [-0.4, -0.2) is 13.0 Å². The number of halogens is 4. The van der Waals surface area contributed by atoms with E-state index in [0.717, 1.165) is 0 Å². The van der Waals surface area contributed by atoms with Crippen LogP contribution in [0.25, 0.3) is 0 Å². The second kappa shape index (κ2) is 6.89. The third-order valence-electron chi connectivity index (χ3n) is 2.64. The highest BCUT2D eigenvalue weighted by Gasteiger charge is 2.17. The fourth-order valence-electron chi connectivity index (χ4n) is 1.72. The largest absolute Gasteiger partial charge is 0.495 e. The summed E-state index contributed by atoms with van der Waals surface area (Å²) in [5, 5.41) is 2.53. The lowest BCUT2D eigenvalue weighted by molar-refractivity contribution is 0.102. The molecule has 1 N–H and O–H groups in total. The Balaban J connectivity index is 2.36. The van der Waals surface area contributed by atoms with Crippen molar-refractivity contribution in [3.05, 3.63) is 55.1 Å².